The van der Waals surface area contributed by atoms with E-state index in [9.17, 15) is 31.1 Å². The zero-order valence-corrected chi connectivity index (χ0v) is 13.3. The second-order valence-electron chi connectivity index (χ2n) is 5.82. The predicted octanol–water partition coefficient (Wildman–Crippen LogP) is 2.24. The summed E-state index contributed by atoms with van der Waals surface area (Å²) in [5.41, 5.74) is -3.02. The van der Waals surface area contributed by atoms with Crippen molar-refractivity contribution in [1.29, 1.82) is 0 Å². The second-order valence-corrected chi connectivity index (χ2v) is 5.82. The molecule has 1 unspecified atom stereocenters. The average molecular weight is 369 g/mol. The molecule has 10 heteroatoms. The third-order valence-electron chi connectivity index (χ3n) is 3.78. The summed E-state index contributed by atoms with van der Waals surface area (Å²) in [6.07, 6.45) is -9.82. The van der Waals surface area contributed by atoms with Crippen LogP contribution in [0.1, 0.15) is 16.7 Å². The molecule has 2 N–H and O–H groups in total. The first kappa shape index (κ1) is 19.5. The number of hydrogen-bond donors (Lipinski definition) is 2. The number of hydrogen-bond acceptors (Lipinski definition) is 3. The molecule has 0 aromatic heterocycles. The number of likely N-dealkylation sites (N-methyl/N-ethyl adjacent to an activating group) is 1. The monoisotopic (exact) mass is 369 g/mol. The van der Waals surface area contributed by atoms with Gasteiger partial charge in [-0.1, -0.05) is 0 Å². The van der Waals surface area contributed by atoms with Crippen LogP contribution in [0.25, 0.3) is 0 Å². The molecule has 0 saturated carbocycles. The fraction of sp³-hybridized carbons (Fsp3) is 0.533. The molecule has 0 aliphatic carbocycles. The standard InChI is InChI=1S/C15H17F6N3O/c1-24(13(25)12-7-22-2-3-23-12)8-9-4-10(14(16,17)18)6-11(5-9)15(19,20)21/h4-6,12,22-23H,2-3,7-8H2,1H3. The molecule has 1 fully saturated rings. The molecule has 0 radical (unpaired) electrons. The number of nitrogens with one attached hydrogen (secondary N) is 2. The van der Waals surface area contributed by atoms with Crippen LogP contribution in [0.2, 0.25) is 0 Å². The van der Waals surface area contributed by atoms with Gasteiger partial charge < -0.3 is 15.5 Å². The lowest BCUT2D eigenvalue weighted by atomic mass is 10.0. The number of carbonyl (C=O) groups excluding carboxylic acids is 1. The Kier molecular flexibility index (Phi) is 5.62. The zero-order valence-electron chi connectivity index (χ0n) is 13.3. The molecule has 1 aliphatic heterocycles. The predicted molar refractivity (Wildman–Crippen MR) is 77.6 cm³/mol. The van der Waals surface area contributed by atoms with E-state index in [0.29, 0.717) is 31.8 Å². The van der Waals surface area contributed by atoms with Crippen LogP contribution in [0, 0.1) is 0 Å². The highest BCUT2D eigenvalue weighted by Crippen LogP contribution is 2.36. The maximum absolute atomic E-state index is 12.9. The number of piperazine rings is 1. The molecule has 1 aliphatic rings. The Balaban J connectivity index is 2.23. The fourth-order valence-corrected chi connectivity index (χ4v) is 2.56. The molecule has 1 atom stereocenters. The number of halogens is 6. The molecule has 1 amide bonds. The summed E-state index contributed by atoms with van der Waals surface area (Å²) in [6, 6.07) is 0.765. The van der Waals surface area contributed by atoms with Crippen LogP contribution in [0.15, 0.2) is 18.2 Å². The Morgan fingerprint density at radius 1 is 1.08 bits per heavy atom. The Bertz CT molecular complexity index is 590. The number of benzene rings is 1. The number of rotatable bonds is 3. The molecule has 140 valence electrons. The molecule has 1 saturated heterocycles. The van der Waals surface area contributed by atoms with Gasteiger partial charge in [0.15, 0.2) is 0 Å². The van der Waals surface area contributed by atoms with Crippen LogP contribution in [0.5, 0.6) is 0 Å². The van der Waals surface area contributed by atoms with Gasteiger partial charge in [-0.05, 0) is 23.8 Å². The van der Waals surface area contributed by atoms with Crippen LogP contribution < -0.4 is 10.6 Å². The summed E-state index contributed by atoms with van der Waals surface area (Å²) >= 11 is 0. The zero-order chi connectivity index (χ0) is 18.8. The molecule has 4 nitrogen and oxygen atoms in total. The van der Waals surface area contributed by atoms with Gasteiger partial charge in [-0.25, -0.2) is 0 Å². The van der Waals surface area contributed by atoms with E-state index in [1.54, 1.807) is 0 Å². The Hall–Kier alpha value is -1.81. The first-order valence-electron chi connectivity index (χ1n) is 7.46. The van der Waals surface area contributed by atoms with Gasteiger partial charge >= 0.3 is 12.4 Å². The van der Waals surface area contributed by atoms with Crippen molar-refractivity contribution in [2.75, 3.05) is 26.7 Å². The fourth-order valence-electron chi connectivity index (χ4n) is 2.56. The van der Waals surface area contributed by atoms with Crippen LogP contribution >= 0.6 is 0 Å². The van der Waals surface area contributed by atoms with Gasteiger partial charge in [0.2, 0.25) is 5.91 Å². The quantitative estimate of drug-likeness (QED) is 0.804. The number of alkyl halides is 6. The molecule has 0 spiro atoms. The number of nitrogens with zero attached hydrogens (tertiary/aromatic N) is 1. The van der Waals surface area contributed by atoms with Gasteiger partial charge in [0.25, 0.3) is 0 Å². The Morgan fingerprint density at radius 2 is 1.64 bits per heavy atom. The van der Waals surface area contributed by atoms with Crippen molar-refractivity contribution in [3.05, 3.63) is 34.9 Å². The van der Waals surface area contributed by atoms with Crippen LogP contribution in [-0.2, 0) is 23.7 Å². The Labute approximate surface area is 140 Å². The molecule has 2 rings (SSSR count). The normalized spacial score (nSPS) is 18.9. The van der Waals surface area contributed by atoms with E-state index in [1.165, 1.54) is 7.05 Å². The lowest BCUT2D eigenvalue weighted by Gasteiger charge is -2.28. The molecule has 1 aromatic carbocycles. The van der Waals surface area contributed by atoms with Gasteiger partial charge in [0.1, 0.15) is 0 Å². The van der Waals surface area contributed by atoms with Crippen molar-refractivity contribution in [3.63, 3.8) is 0 Å². The minimum Gasteiger partial charge on any atom is -0.340 e. The number of carbonyl (C=O) groups is 1. The highest BCUT2D eigenvalue weighted by atomic mass is 19.4. The van der Waals surface area contributed by atoms with Gasteiger partial charge in [0.05, 0.1) is 17.2 Å². The molecular weight excluding hydrogens is 352 g/mol. The lowest BCUT2D eigenvalue weighted by Crippen LogP contribution is -2.55. The van der Waals surface area contributed by atoms with Crippen molar-refractivity contribution in [2.24, 2.45) is 0 Å². The smallest absolute Gasteiger partial charge is 0.340 e. The molecule has 0 bridgehead atoms. The van der Waals surface area contributed by atoms with Crippen molar-refractivity contribution in [1.82, 2.24) is 15.5 Å². The van der Waals surface area contributed by atoms with Crippen LogP contribution in [-0.4, -0.2) is 43.5 Å². The van der Waals surface area contributed by atoms with Gasteiger partial charge in [-0.2, -0.15) is 26.3 Å². The largest absolute Gasteiger partial charge is 0.416 e. The van der Waals surface area contributed by atoms with E-state index < -0.39 is 35.4 Å². The van der Waals surface area contributed by atoms with Gasteiger partial charge in [0, 0.05) is 33.2 Å². The minimum absolute atomic E-state index is 0.0674. The summed E-state index contributed by atoms with van der Waals surface area (Å²) in [5.74, 6) is -0.404. The van der Waals surface area contributed by atoms with Crippen LogP contribution in [0.3, 0.4) is 0 Å². The topological polar surface area (TPSA) is 44.4 Å². The number of amides is 1. The van der Waals surface area contributed by atoms with Gasteiger partial charge in [-0.15, -0.1) is 0 Å². The maximum Gasteiger partial charge on any atom is 0.416 e. The van der Waals surface area contributed by atoms with Gasteiger partial charge in [-0.3, -0.25) is 4.79 Å². The van der Waals surface area contributed by atoms with E-state index in [0.717, 1.165) is 4.90 Å². The molecule has 25 heavy (non-hydrogen) atoms. The Morgan fingerprint density at radius 3 is 2.08 bits per heavy atom. The maximum atomic E-state index is 12.9. The molecule has 1 aromatic rings. The van der Waals surface area contributed by atoms with Crippen LogP contribution in [0.4, 0.5) is 26.3 Å². The molecular formula is C15H17F6N3O. The van der Waals surface area contributed by atoms with E-state index in [2.05, 4.69) is 10.6 Å². The summed E-state index contributed by atoms with van der Waals surface area (Å²) in [7, 11) is 1.34. The molecule has 1 heterocycles. The van der Waals surface area contributed by atoms with Crippen molar-refractivity contribution >= 4 is 5.91 Å². The van der Waals surface area contributed by atoms with Crippen molar-refractivity contribution < 1.29 is 31.1 Å². The summed E-state index contributed by atoms with van der Waals surface area (Å²) < 4.78 is 77.1. The SMILES string of the molecule is CN(Cc1cc(C(F)(F)F)cc(C(F)(F)F)c1)C(=O)C1CNCCN1. The third kappa shape index (κ3) is 5.08. The second kappa shape index (κ2) is 7.20. The summed E-state index contributed by atoms with van der Waals surface area (Å²) in [6.45, 7) is 1.21. The summed E-state index contributed by atoms with van der Waals surface area (Å²) in [4.78, 5) is 13.4. The van der Waals surface area contributed by atoms with E-state index in [1.807, 2.05) is 0 Å². The lowest BCUT2D eigenvalue weighted by molar-refractivity contribution is -0.143. The average Bonchev–Trinajstić information content (AvgIpc) is 2.53. The minimum atomic E-state index is -4.91. The summed E-state index contributed by atoms with van der Waals surface area (Å²) in [5, 5.41) is 5.93. The van der Waals surface area contributed by atoms with E-state index >= 15 is 0 Å². The third-order valence-corrected chi connectivity index (χ3v) is 3.78. The van der Waals surface area contributed by atoms with Crippen molar-refractivity contribution in [3.8, 4) is 0 Å². The van der Waals surface area contributed by atoms with E-state index in [-0.39, 0.29) is 18.2 Å². The first-order chi connectivity index (χ1) is 11.5. The highest BCUT2D eigenvalue weighted by molar-refractivity contribution is 5.82. The first-order valence-corrected chi connectivity index (χ1v) is 7.46. The highest BCUT2D eigenvalue weighted by Gasteiger charge is 2.37. The van der Waals surface area contributed by atoms with E-state index in [4.69, 9.17) is 0 Å². The van der Waals surface area contributed by atoms with Crippen molar-refractivity contribution in [2.45, 2.75) is 24.9 Å².